The molecule has 0 atom stereocenters. The van der Waals surface area contributed by atoms with Gasteiger partial charge in [-0.25, -0.2) is 0 Å². The molecule has 0 fully saturated rings. The van der Waals surface area contributed by atoms with E-state index in [1.165, 1.54) is 0 Å². The molecule has 0 heterocycles. The lowest BCUT2D eigenvalue weighted by Gasteiger charge is -1.65. The summed E-state index contributed by atoms with van der Waals surface area (Å²) >= 11 is 0. The highest BCUT2D eigenvalue weighted by molar-refractivity contribution is 5.85. The largest absolute Gasteiger partial charge is 0.366 e. The number of rotatable bonds is 1. The van der Waals surface area contributed by atoms with E-state index in [0.29, 0.717) is 0 Å². The Kier molecular flexibility index (Phi) is 27.4. The predicted octanol–water partition coefficient (Wildman–Crippen LogP) is 1.27. The molecule has 0 spiro atoms. The molecule has 3 heteroatoms. The van der Waals surface area contributed by atoms with Crippen LogP contribution in [0.1, 0.15) is 6.92 Å². The second-order valence-corrected chi connectivity index (χ2v) is 1.01. The number of hydrogen-bond donors (Lipinski definition) is 1. The van der Waals surface area contributed by atoms with Crippen LogP contribution in [0.5, 0.6) is 0 Å². The number of allylic oxidation sites excluding steroid dienone is 1. The average Bonchev–Trinajstić information content (AvgIpc) is 1.69. The first-order chi connectivity index (χ1) is 3.68. The molecule has 0 radical (unpaired) electrons. The Balaban J connectivity index is -0.0000000800. The Morgan fingerprint density at radius 2 is 1.67 bits per heavy atom. The third-order valence-corrected chi connectivity index (χ3v) is 0.201. The van der Waals surface area contributed by atoms with Crippen molar-refractivity contribution in [2.75, 3.05) is 0 Å². The normalized spacial score (nSPS) is 5.00. The van der Waals surface area contributed by atoms with Crippen molar-refractivity contribution in [3.63, 3.8) is 0 Å². The second-order valence-electron chi connectivity index (χ2n) is 1.01. The maximum atomic E-state index is 9.47. The van der Waals surface area contributed by atoms with Crippen molar-refractivity contribution in [3.05, 3.63) is 25.3 Å². The molecule has 0 aliphatic rings. The summed E-state index contributed by atoms with van der Waals surface area (Å²) in [7, 11) is 0. The third kappa shape index (κ3) is 129. The van der Waals surface area contributed by atoms with Crippen LogP contribution < -0.4 is 5.73 Å². The first kappa shape index (κ1) is 15.7. The van der Waals surface area contributed by atoms with E-state index in [1.54, 1.807) is 6.08 Å². The third-order valence-electron chi connectivity index (χ3n) is 0.201. The van der Waals surface area contributed by atoms with E-state index in [9.17, 15) is 4.79 Å². The molecule has 0 aliphatic heterocycles. The molecule has 0 aromatic rings. The van der Waals surface area contributed by atoms with Crippen molar-refractivity contribution in [1.29, 1.82) is 0 Å². The van der Waals surface area contributed by atoms with E-state index >= 15 is 0 Å². The van der Waals surface area contributed by atoms with E-state index < -0.39 is 5.91 Å². The number of amides is 1. The van der Waals surface area contributed by atoms with Crippen molar-refractivity contribution >= 4 is 18.3 Å². The highest BCUT2D eigenvalue weighted by atomic mass is 35.5. The lowest BCUT2D eigenvalue weighted by molar-refractivity contribution is -0.113. The standard InChI is InChI=1S/C3H5NO.C3H6.ClH/c1-2-3(4)5;1-3-2;/h2H,1H2,(H2,4,5);3H,1H2,2H3;1H. The van der Waals surface area contributed by atoms with Crippen LogP contribution in [0, 0.1) is 0 Å². The topological polar surface area (TPSA) is 43.1 Å². The number of halogens is 1. The molecule has 0 saturated carbocycles. The van der Waals surface area contributed by atoms with Crippen LogP contribution in [0.25, 0.3) is 0 Å². The molecule has 9 heavy (non-hydrogen) atoms. The van der Waals surface area contributed by atoms with Crippen LogP contribution >= 0.6 is 12.4 Å². The fourth-order valence-corrected chi connectivity index (χ4v) is 0. The summed E-state index contributed by atoms with van der Waals surface area (Å²) in [5.41, 5.74) is 4.53. The zero-order valence-corrected chi connectivity index (χ0v) is 6.28. The van der Waals surface area contributed by atoms with E-state index in [1.807, 2.05) is 6.92 Å². The minimum atomic E-state index is -0.481. The maximum Gasteiger partial charge on any atom is 0.240 e. The number of carbonyl (C=O) groups is 1. The fraction of sp³-hybridized carbons (Fsp3) is 0.167. The first-order valence-electron chi connectivity index (χ1n) is 2.18. The molecule has 0 aromatic carbocycles. The summed E-state index contributed by atoms with van der Waals surface area (Å²) in [4.78, 5) is 9.47. The van der Waals surface area contributed by atoms with E-state index in [-0.39, 0.29) is 12.4 Å². The van der Waals surface area contributed by atoms with Crippen molar-refractivity contribution < 1.29 is 4.79 Å². The molecule has 2 nitrogen and oxygen atoms in total. The van der Waals surface area contributed by atoms with Gasteiger partial charge in [-0.05, 0) is 13.0 Å². The number of nitrogens with two attached hydrogens (primary N) is 1. The summed E-state index contributed by atoms with van der Waals surface area (Å²) in [6.07, 6.45) is 2.81. The Labute approximate surface area is 61.8 Å². The minimum absolute atomic E-state index is 0. The van der Waals surface area contributed by atoms with Crippen molar-refractivity contribution in [1.82, 2.24) is 0 Å². The van der Waals surface area contributed by atoms with Crippen molar-refractivity contribution in [3.8, 4) is 0 Å². The smallest absolute Gasteiger partial charge is 0.240 e. The zero-order chi connectivity index (χ0) is 6.99. The summed E-state index contributed by atoms with van der Waals surface area (Å²) in [5, 5.41) is 0. The second kappa shape index (κ2) is 15.7. The Morgan fingerprint density at radius 3 is 1.67 bits per heavy atom. The SMILES string of the molecule is C=CC.C=CC(N)=O.Cl. The van der Waals surface area contributed by atoms with E-state index in [4.69, 9.17) is 0 Å². The van der Waals surface area contributed by atoms with Gasteiger partial charge in [-0.3, -0.25) is 4.79 Å². The first-order valence-corrected chi connectivity index (χ1v) is 2.18. The Bertz CT molecular complexity index is 91.1. The van der Waals surface area contributed by atoms with E-state index in [0.717, 1.165) is 6.08 Å². The van der Waals surface area contributed by atoms with Gasteiger partial charge in [-0.2, -0.15) is 0 Å². The summed E-state index contributed by atoms with van der Waals surface area (Å²) in [6, 6.07) is 0. The van der Waals surface area contributed by atoms with Gasteiger partial charge >= 0.3 is 0 Å². The molecule has 0 saturated heterocycles. The van der Waals surface area contributed by atoms with Crippen LogP contribution in [0.4, 0.5) is 0 Å². The van der Waals surface area contributed by atoms with Gasteiger partial charge in [0.2, 0.25) is 5.91 Å². The minimum Gasteiger partial charge on any atom is -0.366 e. The molecule has 0 rings (SSSR count). The number of hydrogen-bond acceptors (Lipinski definition) is 1. The van der Waals surface area contributed by atoms with Crippen LogP contribution in [0.3, 0.4) is 0 Å². The van der Waals surface area contributed by atoms with Gasteiger partial charge in [-0.15, -0.1) is 19.0 Å². The Morgan fingerprint density at radius 1 is 1.56 bits per heavy atom. The Hall–Kier alpha value is -0.760. The molecule has 0 unspecified atom stereocenters. The van der Waals surface area contributed by atoms with Gasteiger partial charge < -0.3 is 5.73 Å². The quantitative estimate of drug-likeness (QED) is 0.443. The molecule has 54 valence electrons. The highest BCUT2D eigenvalue weighted by Crippen LogP contribution is 1.48. The monoisotopic (exact) mass is 149 g/mol. The van der Waals surface area contributed by atoms with Gasteiger partial charge in [-0.1, -0.05) is 12.7 Å². The molecule has 0 aromatic heterocycles. The fourth-order valence-electron chi connectivity index (χ4n) is 0. The van der Waals surface area contributed by atoms with Crippen LogP contribution in [0.2, 0.25) is 0 Å². The van der Waals surface area contributed by atoms with Gasteiger partial charge in [0.1, 0.15) is 0 Å². The summed E-state index contributed by atoms with van der Waals surface area (Å²) in [6.45, 7) is 8.34. The molecular formula is C6H12ClNO. The van der Waals surface area contributed by atoms with Gasteiger partial charge in [0, 0.05) is 0 Å². The van der Waals surface area contributed by atoms with Gasteiger partial charge in [0.25, 0.3) is 0 Å². The lowest BCUT2D eigenvalue weighted by atomic mass is 10.6. The number of primary amides is 1. The molecular weight excluding hydrogens is 138 g/mol. The summed E-state index contributed by atoms with van der Waals surface area (Å²) < 4.78 is 0. The van der Waals surface area contributed by atoms with Gasteiger partial charge in [0.05, 0.1) is 0 Å². The zero-order valence-electron chi connectivity index (χ0n) is 5.46. The van der Waals surface area contributed by atoms with Crippen LogP contribution in [-0.4, -0.2) is 5.91 Å². The number of carbonyl (C=O) groups excluding carboxylic acids is 1. The van der Waals surface area contributed by atoms with Crippen LogP contribution in [-0.2, 0) is 4.79 Å². The van der Waals surface area contributed by atoms with E-state index in [2.05, 4.69) is 18.9 Å². The maximum absolute atomic E-state index is 9.47. The van der Waals surface area contributed by atoms with Crippen molar-refractivity contribution in [2.24, 2.45) is 5.73 Å². The predicted molar refractivity (Wildman–Crippen MR) is 42.5 cm³/mol. The highest BCUT2D eigenvalue weighted by Gasteiger charge is 1.69. The van der Waals surface area contributed by atoms with Crippen LogP contribution in [0.15, 0.2) is 25.3 Å². The molecule has 0 aliphatic carbocycles. The average molecular weight is 150 g/mol. The molecule has 0 bridgehead atoms. The molecule has 1 amide bonds. The summed E-state index contributed by atoms with van der Waals surface area (Å²) in [5.74, 6) is -0.481. The van der Waals surface area contributed by atoms with Gasteiger partial charge in [0.15, 0.2) is 0 Å². The van der Waals surface area contributed by atoms with Crippen molar-refractivity contribution in [2.45, 2.75) is 6.92 Å². The lowest BCUT2D eigenvalue weighted by Crippen LogP contribution is -2.04. The molecule has 2 N–H and O–H groups in total.